The third kappa shape index (κ3) is 6.53. The SMILES string of the molecule is CCC[Si]O[Si](CCC)(CCC)CCC. The van der Waals surface area contributed by atoms with E-state index in [1.165, 1.54) is 49.9 Å². The van der Waals surface area contributed by atoms with Crippen molar-refractivity contribution in [3.63, 3.8) is 0 Å². The molecule has 3 heteroatoms. The number of rotatable bonds is 10. The van der Waals surface area contributed by atoms with Gasteiger partial charge in [0.25, 0.3) is 0 Å². The molecule has 0 spiro atoms. The minimum absolute atomic E-state index is 0.775. The molecule has 0 heterocycles. The normalized spacial score (nSPS) is 12.0. The predicted octanol–water partition coefficient (Wildman–Crippen LogP) is 4.63. The lowest BCUT2D eigenvalue weighted by atomic mass is 10.6. The van der Waals surface area contributed by atoms with E-state index in [1.807, 2.05) is 0 Å². The van der Waals surface area contributed by atoms with Crippen molar-refractivity contribution in [3.05, 3.63) is 0 Å². The Morgan fingerprint density at radius 3 is 1.60 bits per heavy atom. The first kappa shape index (κ1) is 15.4. The Labute approximate surface area is 100 Å². The van der Waals surface area contributed by atoms with Gasteiger partial charge in [-0.2, -0.15) is 0 Å². The largest absolute Gasteiger partial charge is 0.456 e. The van der Waals surface area contributed by atoms with Crippen molar-refractivity contribution in [2.24, 2.45) is 0 Å². The van der Waals surface area contributed by atoms with E-state index < -0.39 is 8.32 Å². The minimum Gasteiger partial charge on any atom is -0.456 e. The molecule has 0 aromatic heterocycles. The highest BCUT2D eigenvalue weighted by molar-refractivity contribution is 6.77. The van der Waals surface area contributed by atoms with Crippen molar-refractivity contribution in [1.82, 2.24) is 0 Å². The fourth-order valence-corrected chi connectivity index (χ4v) is 8.75. The highest BCUT2D eigenvalue weighted by atomic mass is 28.4. The molecule has 0 saturated carbocycles. The van der Waals surface area contributed by atoms with E-state index in [9.17, 15) is 0 Å². The molecule has 0 fully saturated rings. The van der Waals surface area contributed by atoms with Crippen LogP contribution in [0.25, 0.3) is 0 Å². The van der Waals surface area contributed by atoms with Crippen molar-refractivity contribution in [2.75, 3.05) is 0 Å². The van der Waals surface area contributed by atoms with Gasteiger partial charge in [0.1, 0.15) is 0 Å². The standard InChI is InChI=1S/C12H28OSi2/c1-5-9-14-13-15(10-6-2,11-7-3)12-8-4/h5-12H2,1-4H3. The molecule has 15 heavy (non-hydrogen) atoms. The summed E-state index contributed by atoms with van der Waals surface area (Å²) in [4.78, 5) is 0. The van der Waals surface area contributed by atoms with Gasteiger partial charge in [-0.15, -0.1) is 0 Å². The second kappa shape index (κ2) is 9.61. The zero-order chi connectivity index (χ0) is 11.6. The fourth-order valence-electron chi connectivity index (χ4n) is 2.20. The van der Waals surface area contributed by atoms with Crippen LogP contribution in [-0.2, 0) is 4.12 Å². The Morgan fingerprint density at radius 2 is 1.27 bits per heavy atom. The maximum absolute atomic E-state index is 6.36. The molecule has 0 bridgehead atoms. The van der Waals surface area contributed by atoms with Crippen LogP contribution in [0.3, 0.4) is 0 Å². The minimum atomic E-state index is -1.32. The molecular weight excluding hydrogens is 216 g/mol. The van der Waals surface area contributed by atoms with Gasteiger partial charge in [-0.3, -0.25) is 0 Å². The van der Waals surface area contributed by atoms with Gasteiger partial charge in [0, 0.05) is 0 Å². The molecule has 0 saturated heterocycles. The van der Waals surface area contributed by atoms with E-state index in [0.29, 0.717) is 0 Å². The molecule has 0 N–H and O–H groups in total. The van der Waals surface area contributed by atoms with Crippen LogP contribution in [0, 0.1) is 0 Å². The molecule has 0 unspecified atom stereocenters. The molecule has 0 aliphatic carbocycles. The Morgan fingerprint density at radius 1 is 0.800 bits per heavy atom. The Bertz CT molecular complexity index is 123. The van der Waals surface area contributed by atoms with Gasteiger partial charge >= 0.3 is 0 Å². The summed E-state index contributed by atoms with van der Waals surface area (Å²) in [6.45, 7) is 9.16. The summed E-state index contributed by atoms with van der Waals surface area (Å²) in [5, 5.41) is 0. The molecule has 0 atom stereocenters. The first-order valence-electron chi connectivity index (χ1n) is 6.65. The van der Waals surface area contributed by atoms with E-state index in [0.717, 1.165) is 9.76 Å². The quantitative estimate of drug-likeness (QED) is 0.402. The van der Waals surface area contributed by atoms with Gasteiger partial charge in [-0.05, 0) is 24.2 Å². The number of hydrogen-bond donors (Lipinski definition) is 0. The van der Waals surface area contributed by atoms with Crippen LogP contribution in [-0.4, -0.2) is 18.1 Å². The Kier molecular flexibility index (Phi) is 9.86. The topological polar surface area (TPSA) is 9.23 Å². The highest BCUT2D eigenvalue weighted by Crippen LogP contribution is 2.27. The second-order valence-corrected chi connectivity index (χ2v) is 9.90. The average Bonchev–Trinajstić information content (AvgIpc) is 2.19. The van der Waals surface area contributed by atoms with Crippen LogP contribution in [0.4, 0.5) is 0 Å². The zero-order valence-electron chi connectivity index (χ0n) is 11.1. The van der Waals surface area contributed by atoms with Gasteiger partial charge in [0.2, 0.25) is 9.76 Å². The lowest BCUT2D eigenvalue weighted by molar-refractivity contribution is 0.547. The predicted molar refractivity (Wildman–Crippen MR) is 73.0 cm³/mol. The van der Waals surface area contributed by atoms with E-state index in [-0.39, 0.29) is 0 Å². The van der Waals surface area contributed by atoms with Crippen LogP contribution in [0.15, 0.2) is 0 Å². The van der Waals surface area contributed by atoms with Crippen LogP contribution in [0.2, 0.25) is 24.2 Å². The van der Waals surface area contributed by atoms with E-state index >= 15 is 0 Å². The lowest BCUT2D eigenvalue weighted by Crippen LogP contribution is -2.39. The summed E-state index contributed by atoms with van der Waals surface area (Å²) in [7, 11) is -0.546. The molecule has 0 aromatic rings. The molecule has 0 aliphatic rings. The molecule has 2 radical (unpaired) electrons. The second-order valence-electron chi connectivity index (χ2n) is 4.43. The summed E-state index contributed by atoms with van der Waals surface area (Å²) >= 11 is 0. The highest BCUT2D eigenvalue weighted by Gasteiger charge is 2.31. The van der Waals surface area contributed by atoms with Crippen LogP contribution < -0.4 is 0 Å². The van der Waals surface area contributed by atoms with Crippen LogP contribution in [0.5, 0.6) is 0 Å². The first-order chi connectivity index (χ1) is 7.24. The summed E-state index contributed by atoms with van der Waals surface area (Å²) in [6, 6.07) is 5.41. The van der Waals surface area contributed by atoms with Crippen molar-refractivity contribution in [2.45, 2.75) is 77.6 Å². The summed E-state index contributed by atoms with van der Waals surface area (Å²) in [5.74, 6) is 0. The Balaban J connectivity index is 4.18. The number of hydrogen-bond acceptors (Lipinski definition) is 1. The van der Waals surface area contributed by atoms with Crippen LogP contribution >= 0.6 is 0 Å². The third-order valence-corrected chi connectivity index (χ3v) is 10.0. The van der Waals surface area contributed by atoms with Gasteiger partial charge < -0.3 is 4.12 Å². The molecular formula is C12H28OSi2. The summed E-state index contributed by atoms with van der Waals surface area (Å²) in [5.41, 5.74) is 0. The van der Waals surface area contributed by atoms with E-state index in [2.05, 4.69) is 27.7 Å². The average molecular weight is 245 g/mol. The van der Waals surface area contributed by atoms with Gasteiger partial charge in [0.15, 0.2) is 8.32 Å². The fraction of sp³-hybridized carbons (Fsp3) is 1.00. The lowest BCUT2D eigenvalue weighted by Gasteiger charge is -2.31. The van der Waals surface area contributed by atoms with E-state index in [1.54, 1.807) is 0 Å². The Hall–Kier alpha value is 0.394. The maximum Gasteiger partial charge on any atom is 0.215 e. The maximum atomic E-state index is 6.36. The van der Waals surface area contributed by atoms with Gasteiger partial charge in [-0.25, -0.2) is 0 Å². The molecule has 1 nitrogen and oxygen atoms in total. The summed E-state index contributed by atoms with van der Waals surface area (Å²) < 4.78 is 6.36. The molecule has 90 valence electrons. The van der Waals surface area contributed by atoms with Crippen LogP contribution in [0.1, 0.15) is 53.4 Å². The zero-order valence-corrected chi connectivity index (χ0v) is 13.1. The van der Waals surface area contributed by atoms with Gasteiger partial charge in [0.05, 0.1) is 0 Å². The van der Waals surface area contributed by atoms with Crippen molar-refractivity contribution >= 4 is 18.1 Å². The van der Waals surface area contributed by atoms with E-state index in [4.69, 9.17) is 4.12 Å². The van der Waals surface area contributed by atoms with Crippen molar-refractivity contribution in [3.8, 4) is 0 Å². The summed E-state index contributed by atoms with van der Waals surface area (Å²) in [6.07, 6.45) is 5.20. The third-order valence-electron chi connectivity index (χ3n) is 2.76. The molecule has 0 aromatic carbocycles. The first-order valence-corrected chi connectivity index (χ1v) is 10.3. The van der Waals surface area contributed by atoms with Crippen molar-refractivity contribution in [1.29, 1.82) is 0 Å². The smallest absolute Gasteiger partial charge is 0.215 e. The van der Waals surface area contributed by atoms with Crippen molar-refractivity contribution < 1.29 is 4.12 Å². The molecule has 0 aliphatic heterocycles. The van der Waals surface area contributed by atoms with Gasteiger partial charge in [-0.1, -0.05) is 53.4 Å². The molecule has 0 rings (SSSR count). The monoisotopic (exact) mass is 244 g/mol. The molecule has 0 amide bonds.